The zero-order valence-corrected chi connectivity index (χ0v) is 8.12. The molecule has 0 unspecified atom stereocenters. The molecule has 2 rings (SSSR count). The van der Waals surface area contributed by atoms with Crippen LogP contribution in [0, 0.1) is 0 Å². The molecule has 1 fully saturated rings. The van der Waals surface area contributed by atoms with E-state index in [-0.39, 0.29) is 0 Å². The number of aromatic nitrogens is 1. The molecular weight excluding hydrogens is 162 g/mol. The summed E-state index contributed by atoms with van der Waals surface area (Å²) in [6, 6.07) is 4.67. The van der Waals surface area contributed by atoms with Gasteiger partial charge in [-0.3, -0.25) is 0 Å². The van der Waals surface area contributed by atoms with Gasteiger partial charge in [0, 0.05) is 31.9 Å². The fraction of sp³-hybridized carbons (Fsp3) is 0.500. The molecule has 3 nitrogen and oxygen atoms in total. The number of rotatable bonds is 2. The van der Waals surface area contributed by atoms with E-state index in [9.17, 15) is 0 Å². The van der Waals surface area contributed by atoms with Crippen LogP contribution >= 0.6 is 0 Å². The molecule has 70 valence electrons. The smallest absolute Gasteiger partial charge is 0.132 e. The molecule has 0 saturated carbocycles. The molecule has 0 radical (unpaired) electrons. The third-order valence-electron chi connectivity index (χ3n) is 2.44. The summed E-state index contributed by atoms with van der Waals surface area (Å²) in [5.41, 5.74) is 1.32. The Balaban J connectivity index is 2.31. The molecule has 1 aromatic rings. The van der Waals surface area contributed by atoms with Crippen molar-refractivity contribution in [2.45, 2.75) is 12.5 Å². The maximum Gasteiger partial charge on any atom is 0.132 e. The van der Waals surface area contributed by atoms with Crippen molar-refractivity contribution in [3.05, 3.63) is 23.9 Å². The minimum Gasteiger partial charge on any atom is -0.362 e. The average molecular weight is 177 g/mol. The number of hydrogen-bond acceptors (Lipinski definition) is 3. The first kappa shape index (κ1) is 8.51. The molecule has 0 aromatic carbocycles. The highest BCUT2D eigenvalue weighted by Crippen LogP contribution is 2.28. The molecule has 2 heterocycles. The second-order valence-electron chi connectivity index (χ2n) is 3.61. The molecule has 0 aliphatic carbocycles. The van der Waals surface area contributed by atoms with E-state index in [0.29, 0.717) is 6.04 Å². The molecular formula is C10H15N3. The van der Waals surface area contributed by atoms with Gasteiger partial charge in [0.15, 0.2) is 0 Å². The van der Waals surface area contributed by atoms with Crippen molar-refractivity contribution in [2.24, 2.45) is 0 Å². The molecule has 13 heavy (non-hydrogen) atoms. The standard InChI is InChI=1S/C10H15N3/c1-13(2)10-8(4-3-6-12-10)9-5-7-11-9/h3-4,6,9,11H,5,7H2,1-2H3/t9-/m1/s1. The van der Waals surface area contributed by atoms with Crippen LogP contribution in [0.1, 0.15) is 18.0 Å². The van der Waals surface area contributed by atoms with Crippen LogP contribution in [0.5, 0.6) is 0 Å². The van der Waals surface area contributed by atoms with Crippen LogP contribution in [0.25, 0.3) is 0 Å². The second-order valence-corrected chi connectivity index (χ2v) is 3.61. The van der Waals surface area contributed by atoms with Crippen molar-refractivity contribution in [1.82, 2.24) is 10.3 Å². The van der Waals surface area contributed by atoms with Gasteiger partial charge in [-0.2, -0.15) is 0 Å². The average Bonchev–Trinajstić information content (AvgIpc) is 2.02. The number of pyridine rings is 1. The Bertz CT molecular complexity index is 292. The molecule has 0 amide bonds. The molecule has 1 aromatic heterocycles. The van der Waals surface area contributed by atoms with Crippen LogP contribution < -0.4 is 10.2 Å². The van der Waals surface area contributed by atoms with Gasteiger partial charge in [-0.05, 0) is 19.0 Å². The SMILES string of the molecule is CN(C)c1ncccc1[C@H]1CCN1. The minimum atomic E-state index is 0.520. The lowest BCUT2D eigenvalue weighted by atomic mass is 9.98. The number of anilines is 1. The van der Waals surface area contributed by atoms with E-state index in [4.69, 9.17) is 0 Å². The first-order valence-corrected chi connectivity index (χ1v) is 4.64. The monoisotopic (exact) mass is 177 g/mol. The fourth-order valence-corrected chi connectivity index (χ4v) is 1.61. The van der Waals surface area contributed by atoms with Crippen LogP contribution in [0.2, 0.25) is 0 Å². The van der Waals surface area contributed by atoms with Crippen molar-refractivity contribution in [3.63, 3.8) is 0 Å². The lowest BCUT2D eigenvalue weighted by molar-refractivity contribution is 0.383. The highest BCUT2D eigenvalue weighted by molar-refractivity contribution is 5.47. The van der Waals surface area contributed by atoms with Gasteiger partial charge in [0.1, 0.15) is 5.82 Å². The second kappa shape index (κ2) is 3.34. The van der Waals surface area contributed by atoms with E-state index in [1.54, 1.807) is 0 Å². The van der Waals surface area contributed by atoms with E-state index >= 15 is 0 Å². The molecule has 1 saturated heterocycles. The lowest BCUT2D eigenvalue weighted by Crippen LogP contribution is -2.36. The summed E-state index contributed by atoms with van der Waals surface area (Å²) in [5, 5.41) is 3.39. The predicted octanol–water partition coefficient (Wildman–Crippen LogP) is 1.18. The minimum absolute atomic E-state index is 0.520. The van der Waals surface area contributed by atoms with E-state index in [2.05, 4.69) is 21.3 Å². The van der Waals surface area contributed by atoms with Gasteiger partial charge in [0.2, 0.25) is 0 Å². The molecule has 0 bridgehead atoms. The van der Waals surface area contributed by atoms with Gasteiger partial charge >= 0.3 is 0 Å². The normalized spacial score (nSPS) is 20.9. The Labute approximate surface area is 78.8 Å². The third kappa shape index (κ3) is 1.52. The van der Waals surface area contributed by atoms with Gasteiger partial charge in [-0.15, -0.1) is 0 Å². The Hall–Kier alpha value is -1.09. The largest absolute Gasteiger partial charge is 0.362 e. The van der Waals surface area contributed by atoms with E-state index in [1.807, 2.05) is 26.4 Å². The fourth-order valence-electron chi connectivity index (χ4n) is 1.61. The van der Waals surface area contributed by atoms with Crippen LogP contribution in [-0.4, -0.2) is 25.6 Å². The van der Waals surface area contributed by atoms with Gasteiger partial charge in [-0.25, -0.2) is 4.98 Å². The quantitative estimate of drug-likeness (QED) is 0.735. The highest BCUT2D eigenvalue weighted by Gasteiger charge is 2.22. The van der Waals surface area contributed by atoms with E-state index < -0.39 is 0 Å². The van der Waals surface area contributed by atoms with Crippen molar-refractivity contribution in [1.29, 1.82) is 0 Å². The first-order valence-electron chi connectivity index (χ1n) is 4.64. The molecule has 1 aliphatic heterocycles. The Kier molecular flexibility index (Phi) is 2.19. The Morgan fingerprint density at radius 3 is 2.85 bits per heavy atom. The van der Waals surface area contributed by atoms with Crippen molar-refractivity contribution >= 4 is 5.82 Å². The molecule has 1 N–H and O–H groups in total. The first-order chi connectivity index (χ1) is 6.29. The van der Waals surface area contributed by atoms with Gasteiger partial charge in [0.25, 0.3) is 0 Å². The van der Waals surface area contributed by atoms with Crippen LogP contribution in [-0.2, 0) is 0 Å². The summed E-state index contributed by atoms with van der Waals surface area (Å²) in [6.07, 6.45) is 3.07. The summed E-state index contributed by atoms with van der Waals surface area (Å²) in [5.74, 6) is 1.08. The maximum atomic E-state index is 4.37. The number of nitrogens with zero attached hydrogens (tertiary/aromatic N) is 2. The maximum absolute atomic E-state index is 4.37. The molecule has 0 spiro atoms. The van der Waals surface area contributed by atoms with Gasteiger partial charge in [-0.1, -0.05) is 6.07 Å². The summed E-state index contributed by atoms with van der Waals surface area (Å²) in [6.45, 7) is 1.13. The topological polar surface area (TPSA) is 28.2 Å². The lowest BCUT2D eigenvalue weighted by Gasteiger charge is -2.30. The molecule has 3 heteroatoms. The van der Waals surface area contributed by atoms with Gasteiger partial charge in [0.05, 0.1) is 0 Å². The van der Waals surface area contributed by atoms with E-state index in [0.717, 1.165) is 12.4 Å². The van der Waals surface area contributed by atoms with Crippen LogP contribution in [0.3, 0.4) is 0 Å². The van der Waals surface area contributed by atoms with E-state index in [1.165, 1.54) is 12.0 Å². The summed E-state index contributed by atoms with van der Waals surface area (Å²) in [7, 11) is 4.06. The summed E-state index contributed by atoms with van der Waals surface area (Å²) in [4.78, 5) is 6.43. The molecule has 1 atom stereocenters. The number of hydrogen-bond donors (Lipinski definition) is 1. The van der Waals surface area contributed by atoms with Crippen molar-refractivity contribution < 1.29 is 0 Å². The molecule has 1 aliphatic rings. The Morgan fingerprint density at radius 1 is 1.54 bits per heavy atom. The van der Waals surface area contributed by atoms with Crippen molar-refractivity contribution in [2.75, 3.05) is 25.5 Å². The van der Waals surface area contributed by atoms with Gasteiger partial charge < -0.3 is 10.2 Å². The Morgan fingerprint density at radius 2 is 2.31 bits per heavy atom. The van der Waals surface area contributed by atoms with Crippen LogP contribution in [0.4, 0.5) is 5.82 Å². The highest BCUT2D eigenvalue weighted by atomic mass is 15.1. The predicted molar refractivity (Wildman–Crippen MR) is 53.9 cm³/mol. The third-order valence-corrected chi connectivity index (χ3v) is 2.44. The van der Waals surface area contributed by atoms with Crippen molar-refractivity contribution in [3.8, 4) is 0 Å². The van der Waals surface area contributed by atoms with Crippen LogP contribution in [0.15, 0.2) is 18.3 Å². The zero-order chi connectivity index (χ0) is 9.26. The number of nitrogens with one attached hydrogen (secondary N) is 1. The zero-order valence-electron chi connectivity index (χ0n) is 8.12. The summed E-state index contributed by atoms with van der Waals surface area (Å²) >= 11 is 0. The summed E-state index contributed by atoms with van der Waals surface area (Å²) < 4.78 is 0.